The Morgan fingerprint density at radius 1 is 1.45 bits per heavy atom. The van der Waals surface area contributed by atoms with Crippen LogP contribution in [0.3, 0.4) is 0 Å². The molecule has 1 heterocycles. The number of terminal acetylenes is 1. The van der Waals surface area contributed by atoms with E-state index in [1.54, 1.807) is 19.0 Å². The van der Waals surface area contributed by atoms with Crippen LogP contribution in [0.2, 0.25) is 0 Å². The van der Waals surface area contributed by atoms with Crippen LogP contribution in [0.1, 0.15) is 5.56 Å². The van der Waals surface area contributed by atoms with Crippen molar-refractivity contribution in [1.82, 2.24) is 4.90 Å². The highest BCUT2D eigenvalue weighted by Gasteiger charge is 2.29. The first kappa shape index (κ1) is 17.6. The Hall–Kier alpha value is -0.730. The summed E-state index contributed by atoms with van der Waals surface area (Å²) in [4.78, 5) is 18.5. The van der Waals surface area contributed by atoms with Crippen molar-refractivity contribution < 1.29 is 9.53 Å². The number of benzene rings is 1. The summed E-state index contributed by atoms with van der Waals surface area (Å²) in [5.74, 6) is 3.20. The van der Waals surface area contributed by atoms with Crippen LogP contribution in [0.4, 0.5) is 0 Å². The van der Waals surface area contributed by atoms with Crippen molar-refractivity contribution >= 4 is 74.1 Å². The van der Waals surface area contributed by atoms with E-state index >= 15 is 0 Å². The van der Waals surface area contributed by atoms with Gasteiger partial charge in [-0.25, -0.2) is 0 Å². The number of ether oxygens (including phenoxy) is 1. The molecule has 1 saturated heterocycles. The number of nitrogens with zero attached hydrogens (tertiary/aromatic N) is 2. The Labute approximate surface area is 161 Å². The predicted octanol–water partition coefficient (Wildman–Crippen LogP) is 3.44. The third-order valence-corrected chi connectivity index (χ3v) is 5.57. The lowest BCUT2D eigenvalue weighted by atomic mass is 10.2. The maximum absolute atomic E-state index is 12.2. The first-order valence-electron chi connectivity index (χ1n) is 6.17. The van der Waals surface area contributed by atoms with Gasteiger partial charge < -0.3 is 4.74 Å². The number of amides is 1. The molecule has 1 aliphatic heterocycles. The minimum Gasteiger partial charge on any atom is -0.479 e. The van der Waals surface area contributed by atoms with Crippen molar-refractivity contribution in [3.8, 4) is 18.1 Å². The average Bonchev–Trinajstić information content (AvgIpc) is 2.74. The number of carbonyl (C=O) groups excluding carboxylic acids is 1. The van der Waals surface area contributed by atoms with Crippen molar-refractivity contribution in [2.24, 2.45) is 4.99 Å². The van der Waals surface area contributed by atoms with Crippen molar-refractivity contribution in [3.63, 3.8) is 0 Å². The monoisotopic (exact) mass is 538 g/mol. The number of carbonyl (C=O) groups is 1. The van der Waals surface area contributed by atoms with Crippen LogP contribution >= 0.6 is 56.9 Å². The van der Waals surface area contributed by atoms with Crippen molar-refractivity contribution in [2.45, 2.75) is 0 Å². The number of amidine groups is 1. The fourth-order valence-corrected chi connectivity index (χ4v) is 4.87. The maximum Gasteiger partial charge on any atom is 0.266 e. The van der Waals surface area contributed by atoms with Gasteiger partial charge in [-0.15, -0.1) is 6.42 Å². The molecule has 22 heavy (non-hydrogen) atoms. The van der Waals surface area contributed by atoms with E-state index in [1.807, 2.05) is 18.2 Å². The topological polar surface area (TPSA) is 41.9 Å². The van der Waals surface area contributed by atoms with Crippen LogP contribution < -0.4 is 4.74 Å². The van der Waals surface area contributed by atoms with Crippen molar-refractivity contribution in [1.29, 1.82) is 0 Å². The summed E-state index contributed by atoms with van der Waals surface area (Å²) in [6.45, 7) is 0.238. The molecular formula is C15H12I2N2O2S. The van der Waals surface area contributed by atoms with Crippen LogP contribution in [0.15, 0.2) is 22.0 Å². The van der Waals surface area contributed by atoms with E-state index in [1.165, 1.54) is 11.8 Å². The van der Waals surface area contributed by atoms with Gasteiger partial charge in [-0.05, 0) is 80.7 Å². The fraction of sp³-hybridized carbons (Fsp3) is 0.200. The molecule has 114 valence electrons. The maximum atomic E-state index is 12.2. The van der Waals surface area contributed by atoms with Gasteiger partial charge in [-0.3, -0.25) is 14.7 Å². The normalized spacial score (nSPS) is 18.1. The third-order valence-electron chi connectivity index (χ3n) is 2.81. The van der Waals surface area contributed by atoms with Gasteiger partial charge in [0.15, 0.2) is 5.17 Å². The van der Waals surface area contributed by atoms with Gasteiger partial charge in [-0.2, -0.15) is 0 Å². The molecule has 1 amide bonds. The molecule has 1 fully saturated rings. The van der Waals surface area contributed by atoms with E-state index in [9.17, 15) is 4.79 Å². The molecule has 1 aromatic carbocycles. The number of likely N-dealkylation sites (N-methyl/N-ethyl adjacent to an activating group) is 1. The molecule has 0 N–H and O–H groups in total. The van der Waals surface area contributed by atoms with E-state index in [0.717, 1.165) is 18.5 Å². The summed E-state index contributed by atoms with van der Waals surface area (Å²) in [5.41, 5.74) is 0.948. The van der Waals surface area contributed by atoms with E-state index in [0.29, 0.717) is 10.1 Å². The molecule has 1 aromatic rings. The zero-order chi connectivity index (χ0) is 16.3. The summed E-state index contributed by atoms with van der Waals surface area (Å²) in [6.07, 6.45) is 7.10. The second-order valence-corrected chi connectivity index (χ2v) is 7.62. The van der Waals surface area contributed by atoms with Gasteiger partial charge in [0.1, 0.15) is 12.4 Å². The van der Waals surface area contributed by atoms with Crippen molar-refractivity contribution in [2.75, 3.05) is 20.7 Å². The van der Waals surface area contributed by atoms with Crippen LogP contribution in [-0.2, 0) is 4.79 Å². The first-order chi connectivity index (χ1) is 10.5. The zero-order valence-corrected chi connectivity index (χ0v) is 17.0. The second kappa shape index (κ2) is 7.70. The highest BCUT2D eigenvalue weighted by atomic mass is 127. The van der Waals surface area contributed by atoms with Gasteiger partial charge in [0, 0.05) is 14.1 Å². The SMILES string of the molecule is C#CCOc1c(I)cc(/C=C2\SC(=NC)N(C)C2=O)cc1I. The molecule has 7 heteroatoms. The Morgan fingerprint density at radius 2 is 2.09 bits per heavy atom. The number of hydrogen-bond donors (Lipinski definition) is 0. The fourth-order valence-electron chi connectivity index (χ4n) is 1.82. The summed E-state index contributed by atoms with van der Waals surface area (Å²) in [6, 6.07) is 3.94. The van der Waals surface area contributed by atoms with Gasteiger partial charge in [0.2, 0.25) is 0 Å². The summed E-state index contributed by atoms with van der Waals surface area (Å²) >= 11 is 5.79. The molecule has 0 spiro atoms. The Kier molecular flexibility index (Phi) is 6.17. The van der Waals surface area contributed by atoms with E-state index in [-0.39, 0.29) is 12.5 Å². The largest absolute Gasteiger partial charge is 0.479 e. The molecule has 1 aliphatic rings. The molecule has 0 atom stereocenters. The Balaban J connectivity index is 2.34. The lowest BCUT2D eigenvalue weighted by Gasteiger charge is -2.09. The summed E-state index contributed by atoms with van der Waals surface area (Å²) < 4.78 is 7.46. The van der Waals surface area contributed by atoms with Gasteiger partial charge in [0.25, 0.3) is 5.91 Å². The number of rotatable bonds is 3. The van der Waals surface area contributed by atoms with E-state index in [4.69, 9.17) is 11.2 Å². The minimum absolute atomic E-state index is 0.0386. The second-order valence-electron chi connectivity index (χ2n) is 4.29. The zero-order valence-electron chi connectivity index (χ0n) is 11.9. The van der Waals surface area contributed by atoms with Crippen LogP contribution in [0.25, 0.3) is 6.08 Å². The van der Waals surface area contributed by atoms with E-state index < -0.39 is 0 Å². The van der Waals surface area contributed by atoms with Crippen LogP contribution in [-0.4, -0.2) is 36.7 Å². The molecule has 0 unspecified atom stereocenters. The Bertz CT molecular complexity index is 700. The summed E-state index contributed by atoms with van der Waals surface area (Å²) in [5, 5.41) is 0.703. The van der Waals surface area contributed by atoms with Gasteiger partial charge in [0.05, 0.1) is 12.0 Å². The quantitative estimate of drug-likeness (QED) is 0.337. The molecule has 4 nitrogen and oxygen atoms in total. The van der Waals surface area contributed by atoms with Crippen LogP contribution in [0, 0.1) is 19.5 Å². The van der Waals surface area contributed by atoms with Crippen molar-refractivity contribution in [3.05, 3.63) is 29.7 Å². The number of halogens is 2. The molecule has 0 aliphatic carbocycles. The molecule has 0 aromatic heterocycles. The number of thioether (sulfide) groups is 1. The number of hydrogen-bond acceptors (Lipinski definition) is 4. The Morgan fingerprint density at radius 3 is 2.59 bits per heavy atom. The van der Waals surface area contributed by atoms with Crippen LogP contribution in [0.5, 0.6) is 5.75 Å². The van der Waals surface area contributed by atoms with Gasteiger partial charge >= 0.3 is 0 Å². The highest BCUT2D eigenvalue weighted by molar-refractivity contribution is 14.1. The summed E-state index contributed by atoms with van der Waals surface area (Å²) in [7, 11) is 3.40. The molecule has 0 saturated carbocycles. The molecule has 0 bridgehead atoms. The molecule has 2 rings (SSSR count). The first-order valence-corrected chi connectivity index (χ1v) is 9.15. The standard InChI is InChI=1S/C15H12I2N2O2S/c1-4-5-21-13-10(16)6-9(7-11(13)17)8-12-14(20)19(3)15(18-2)22-12/h1,6-8H,5H2,2-3H3/b12-8-,18-15?. The highest BCUT2D eigenvalue weighted by Crippen LogP contribution is 2.34. The third kappa shape index (κ3) is 3.78. The van der Waals surface area contributed by atoms with Gasteiger partial charge in [-0.1, -0.05) is 5.92 Å². The molecule has 0 radical (unpaired) electrons. The van der Waals surface area contributed by atoms with E-state index in [2.05, 4.69) is 56.1 Å². The molecular weight excluding hydrogens is 526 g/mol. The predicted molar refractivity (Wildman–Crippen MR) is 108 cm³/mol. The lowest BCUT2D eigenvalue weighted by Crippen LogP contribution is -2.23. The number of aliphatic imine (C=N–C) groups is 1. The smallest absolute Gasteiger partial charge is 0.266 e. The average molecular weight is 538 g/mol. The lowest BCUT2D eigenvalue weighted by molar-refractivity contribution is -0.121. The minimum atomic E-state index is -0.0386.